The molecule has 6 heteroatoms. The van der Waals surface area contributed by atoms with E-state index in [1.54, 1.807) is 6.08 Å². The standard InChI is InChI=1S/C16H15N3O2S/c1-3-8-21-10-11-6-4-5-7-12(11)14-13(9-17)15(20)19-16(18-14)22-2/h3-7H,1,8,10H2,2H3,(H,18,19,20). The van der Waals surface area contributed by atoms with E-state index in [-0.39, 0.29) is 5.56 Å². The second kappa shape index (κ2) is 7.59. The van der Waals surface area contributed by atoms with Gasteiger partial charge in [0, 0.05) is 5.56 Å². The van der Waals surface area contributed by atoms with Crippen LogP contribution < -0.4 is 5.56 Å². The highest BCUT2D eigenvalue weighted by molar-refractivity contribution is 7.98. The Morgan fingerprint density at radius 3 is 2.95 bits per heavy atom. The minimum absolute atomic E-state index is 0.00831. The quantitative estimate of drug-likeness (QED) is 0.384. The van der Waals surface area contributed by atoms with Crippen LogP contribution in [0.25, 0.3) is 11.3 Å². The molecule has 0 aliphatic rings. The number of thioether (sulfide) groups is 1. The van der Waals surface area contributed by atoms with Gasteiger partial charge in [0.05, 0.1) is 18.9 Å². The summed E-state index contributed by atoms with van der Waals surface area (Å²) < 4.78 is 5.47. The Balaban J connectivity index is 2.56. The fraction of sp³-hybridized carbons (Fsp3) is 0.188. The summed E-state index contributed by atoms with van der Waals surface area (Å²) >= 11 is 1.32. The van der Waals surface area contributed by atoms with E-state index in [1.807, 2.05) is 36.6 Å². The maximum absolute atomic E-state index is 12.0. The smallest absolute Gasteiger partial charge is 0.270 e. The number of hydrogen-bond donors (Lipinski definition) is 1. The van der Waals surface area contributed by atoms with Gasteiger partial charge in [-0.2, -0.15) is 5.26 Å². The van der Waals surface area contributed by atoms with Crippen LogP contribution in [0.3, 0.4) is 0 Å². The van der Waals surface area contributed by atoms with Crippen molar-refractivity contribution in [3.63, 3.8) is 0 Å². The minimum atomic E-state index is -0.432. The summed E-state index contributed by atoms with van der Waals surface area (Å²) in [6, 6.07) is 9.38. The molecule has 0 saturated carbocycles. The number of benzene rings is 1. The molecule has 2 rings (SSSR count). The van der Waals surface area contributed by atoms with E-state index in [1.165, 1.54) is 11.8 Å². The van der Waals surface area contributed by atoms with Crippen molar-refractivity contribution in [2.75, 3.05) is 12.9 Å². The number of ether oxygens (including phenoxy) is 1. The van der Waals surface area contributed by atoms with E-state index in [4.69, 9.17) is 4.74 Å². The van der Waals surface area contributed by atoms with E-state index < -0.39 is 5.56 Å². The Bertz CT molecular complexity index is 778. The molecule has 1 aromatic heterocycles. The average Bonchev–Trinajstić information content (AvgIpc) is 2.54. The van der Waals surface area contributed by atoms with Gasteiger partial charge in [0.1, 0.15) is 11.6 Å². The highest BCUT2D eigenvalue weighted by Gasteiger charge is 2.15. The average molecular weight is 313 g/mol. The van der Waals surface area contributed by atoms with Gasteiger partial charge in [-0.05, 0) is 11.8 Å². The van der Waals surface area contributed by atoms with Gasteiger partial charge < -0.3 is 9.72 Å². The number of nitrogens with one attached hydrogen (secondary N) is 1. The Hall–Kier alpha value is -2.36. The first-order valence-corrected chi connectivity index (χ1v) is 7.79. The number of aromatic amines is 1. The van der Waals surface area contributed by atoms with Crippen molar-refractivity contribution in [1.29, 1.82) is 5.26 Å². The third-order valence-corrected chi connectivity index (χ3v) is 3.55. The normalized spacial score (nSPS) is 10.2. The highest BCUT2D eigenvalue weighted by Crippen LogP contribution is 2.25. The predicted molar refractivity (Wildman–Crippen MR) is 86.6 cm³/mol. The maximum atomic E-state index is 12.0. The molecule has 5 nitrogen and oxygen atoms in total. The van der Waals surface area contributed by atoms with Gasteiger partial charge >= 0.3 is 0 Å². The molecule has 0 saturated heterocycles. The van der Waals surface area contributed by atoms with Crippen LogP contribution in [0.4, 0.5) is 0 Å². The zero-order valence-corrected chi connectivity index (χ0v) is 12.9. The summed E-state index contributed by atoms with van der Waals surface area (Å²) in [6.45, 7) is 4.39. The van der Waals surface area contributed by atoms with Crippen molar-refractivity contribution in [3.05, 3.63) is 58.4 Å². The molecule has 112 valence electrons. The number of rotatable bonds is 6. The van der Waals surface area contributed by atoms with E-state index in [9.17, 15) is 10.1 Å². The second-order valence-corrected chi connectivity index (χ2v) is 5.17. The van der Waals surface area contributed by atoms with E-state index >= 15 is 0 Å². The number of nitrogens with zero attached hydrogens (tertiary/aromatic N) is 2. The molecule has 1 heterocycles. The molecule has 2 aromatic rings. The van der Waals surface area contributed by atoms with Gasteiger partial charge in [-0.15, -0.1) is 6.58 Å². The van der Waals surface area contributed by atoms with Crippen LogP contribution in [0.2, 0.25) is 0 Å². The van der Waals surface area contributed by atoms with Gasteiger partial charge in [0.2, 0.25) is 0 Å². The summed E-state index contributed by atoms with van der Waals surface area (Å²) in [4.78, 5) is 19.0. The Labute approximate surface area is 132 Å². The third-order valence-electron chi connectivity index (χ3n) is 2.97. The lowest BCUT2D eigenvalue weighted by Crippen LogP contribution is -2.15. The largest absolute Gasteiger partial charge is 0.373 e. The van der Waals surface area contributed by atoms with Crippen LogP contribution in [0.15, 0.2) is 46.9 Å². The van der Waals surface area contributed by atoms with Gasteiger partial charge in [0.25, 0.3) is 5.56 Å². The minimum Gasteiger partial charge on any atom is -0.373 e. The van der Waals surface area contributed by atoms with Crippen LogP contribution >= 0.6 is 11.8 Å². The van der Waals surface area contributed by atoms with Crippen molar-refractivity contribution in [2.24, 2.45) is 0 Å². The number of aromatic nitrogens is 2. The molecule has 0 amide bonds. The molecule has 0 bridgehead atoms. The molecule has 0 unspecified atom stereocenters. The zero-order chi connectivity index (χ0) is 15.9. The van der Waals surface area contributed by atoms with Crippen molar-refractivity contribution in [1.82, 2.24) is 9.97 Å². The number of nitriles is 1. The van der Waals surface area contributed by atoms with Crippen LogP contribution in [0.1, 0.15) is 11.1 Å². The lowest BCUT2D eigenvalue weighted by atomic mass is 10.0. The first-order chi connectivity index (χ1) is 10.7. The predicted octanol–water partition coefficient (Wildman–Crippen LogP) is 2.73. The Kier molecular flexibility index (Phi) is 5.53. The van der Waals surface area contributed by atoms with Crippen LogP contribution in [-0.4, -0.2) is 22.8 Å². The molecule has 1 N–H and O–H groups in total. The van der Waals surface area contributed by atoms with E-state index in [0.29, 0.717) is 24.1 Å². The Morgan fingerprint density at radius 2 is 2.27 bits per heavy atom. The fourth-order valence-electron chi connectivity index (χ4n) is 1.98. The lowest BCUT2D eigenvalue weighted by molar-refractivity contribution is 0.149. The topological polar surface area (TPSA) is 78.8 Å². The lowest BCUT2D eigenvalue weighted by Gasteiger charge is -2.10. The summed E-state index contributed by atoms with van der Waals surface area (Å²) in [5.41, 5.74) is 1.55. The van der Waals surface area contributed by atoms with E-state index in [0.717, 1.165) is 11.1 Å². The molecule has 0 radical (unpaired) electrons. The molecule has 22 heavy (non-hydrogen) atoms. The SMILES string of the molecule is C=CCOCc1ccccc1-c1nc(SC)[nH]c(=O)c1C#N. The van der Waals surface area contributed by atoms with E-state index in [2.05, 4.69) is 16.5 Å². The summed E-state index contributed by atoms with van der Waals surface area (Å²) in [5, 5.41) is 9.74. The van der Waals surface area contributed by atoms with Gasteiger partial charge in [-0.3, -0.25) is 4.79 Å². The summed E-state index contributed by atoms with van der Waals surface area (Å²) in [6.07, 6.45) is 3.48. The second-order valence-electron chi connectivity index (χ2n) is 4.37. The third kappa shape index (κ3) is 3.45. The number of H-pyrrole nitrogens is 1. The molecule has 0 aliphatic carbocycles. The van der Waals surface area contributed by atoms with Crippen LogP contribution in [0.5, 0.6) is 0 Å². The first-order valence-electron chi connectivity index (χ1n) is 6.56. The first kappa shape index (κ1) is 16.0. The van der Waals surface area contributed by atoms with Gasteiger partial charge in [-0.25, -0.2) is 4.98 Å². The van der Waals surface area contributed by atoms with Crippen molar-refractivity contribution >= 4 is 11.8 Å². The molecule has 0 fully saturated rings. The van der Waals surface area contributed by atoms with Gasteiger partial charge in [0.15, 0.2) is 5.16 Å². The zero-order valence-electron chi connectivity index (χ0n) is 12.1. The van der Waals surface area contributed by atoms with Crippen LogP contribution in [0, 0.1) is 11.3 Å². The molecule has 0 aliphatic heterocycles. The molecule has 0 atom stereocenters. The summed E-state index contributed by atoms with van der Waals surface area (Å²) in [5.74, 6) is 0. The van der Waals surface area contributed by atoms with Gasteiger partial charge in [-0.1, -0.05) is 42.1 Å². The molecule has 0 spiro atoms. The van der Waals surface area contributed by atoms with Crippen molar-refractivity contribution in [2.45, 2.75) is 11.8 Å². The molecular formula is C16H15N3O2S. The molecular weight excluding hydrogens is 298 g/mol. The molecule has 1 aromatic carbocycles. The number of hydrogen-bond acceptors (Lipinski definition) is 5. The maximum Gasteiger partial charge on any atom is 0.270 e. The fourth-order valence-corrected chi connectivity index (χ4v) is 2.35. The summed E-state index contributed by atoms with van der Waals surface area (Å²) in [7, 11) is 0. The highest BCUT2D eigenvalue weighted by atomic mass is 32.2. The van der Waals surface area contributed by atoms with Crippen LogP contribution in [-0.2, 0) is 11.3 Å². The van der Waals surface area contributed by atoms with Crippen molar-refractivity contribution in [3.8, 4) is 17.3 Å². The monoisotopic (exact) mass is 313 g/mol. The Morgan fingerprint density at radius 1 is 1.50 bits per heavy atom. The van der Waals surface area contributed by atoms with Crippen molar-refractivity contribution < 1.29 is 4.74 Å².